The summed E-state index contributed by atoms with van der Waals surface area (Å²) in [7, 11) is 0. The van der Waals surface area contributed by atoms with Gasteiger partial charge < -0.3 is 44.6 Å². The van der Waals surface area contributed by atoms with Crippen molar-refractivity contribution in [1.29, 1.82) is 0 Å². The number of aromatic hydroxyl groups is 1. The average Bonchev–Trinajstić information content (AvgIpc) is 2.84. The van der Waals surface area contributed by atoms with Gasteiger partial charge in [-0.25, -0.2) is 0 Å². The summed E-state index contributed by atoms with van der Waals surface area (Å²) >= 11 is 0. The van der Waals surface area contributed by atoms with Gasteiger partial charge in [0.05, 0.1) is 79.3 Å². The summed E-state index contributed by atoms with van der Waals surface area (Å²) < 4.78 is 32.1. The molecular formula is C24H40N2O9. The highest BCUT2D eigenvalue weighted by atomic mass is 16.6. The van der Waals surface area contributed by atoms with E-state index in [1.165, 1.54) is 0 Å². The molecule has 0 fully saturated rings. The van der Waals surface area contributed by atoms with Crippen LogP contribution >= 0.6 is 0 Å². The molecule has 4 N–H and O–H groups in total. The number of ether oxygens (including phenoxy) is 6. The quantitative estimate of drug-likeness (QED) is 0.172. The lowest BCUT2D eigenvalue weighted by molar-refractivity contribution is -0.121. The summed E-state index contributed by atoms with van der Waals surface area (Å²) in [5, 5.41) is 12.1. The molecule has 0 aliphatic rings. The van der Waals surface area contributed by atoms with E-state index in [0.717, 1.165) is 5.56 Å². The number of carbonyl (C=O) groups excluding carboxylic acids is 2. The van der Waals surface area contributed by atoms with Crippen LogP contribution < -0.4 is 11.1 Å². The first-order chi connectivity index (χ1) is 17.1. The van der Waals surface area contributed by atoms with Gasteiger partial charge in [-0.1, -0.05) is 12.1 Å². The van der Waals surface area contributed by atoms with Crippen molar-refractivity contribution in [3.05, 3.63) is 29.8 Å². The van der Waals surface area contributed by atoms with Gasteiger partial charge in [0.1, 0.15) is 5.75 Å². The Bertz CT molecular complexity index is 659. The number of carbonyl (C=O) groups is 2. The van der Waals surface area contributed by atoms with Crippen LogP contribution in [0.25, 0.3) is 0 Å². The number of primary amides is 1. The van der Waals surface area contributed by atoms with E-state index < -0.39 is 0 Å². The molecule has 200 valence electrons. The summed E-state index contributed by atoms with van der Waals surface area (Å²) in [4.78, 5) is 22.3. The van der Waals surface area contributed by atoms with Crippen LogP contribution in [0, 0.1) is 0 Å². The number of phenolic OH excluding ortho intramolecular Hbond substituents is 1. The maximum absolute atomic E-state index is 11.8. The monoisotopic (exact) mass is 500 g/mol. The zero-order chi connectivity index (χ0) is 25.4. The Morgan fingerprint density at radius 2 is 1.09 bits per heavy atom. The molecule has 2 amide bonds. The number of amides is 2. The van der Waals surface area contributed by atoms with Gasteiger partial charge in [-0.05, 0) is 24.1 Å². The SMILES string of the molecule is NC(=O)CCOCCOCCOCCOCCOCCOCCNC(=O)CCc1ccc(O)cc1. The van der Waals surface area contributed by atoms with Gasteiger partial charge in [0.2, 0.25) is 11.8 Å². The number of benzene rings is 1. The zero-order valence-corrected chi connectivity index (χ0v) is 20.4. The molecule has 0 spiro atoms. The fourth-order valence-corrected chi connectivity index (χ4v) is 2.65. The first-order valence-corrected chi connectivity index (χ1v) is 11.9. The van der Waals surface area contributed by atoms with Crippen molar-refractivity contribution in [2.75, 3.05) is 85.8 Å². The Balaban J connectivity index is 1.72. The van der Waals surface area contributed by atoms with Gasteiger partial charge in [0.15, 0.2) is 0 Å². The normalized spacial score (nSPS) is 11.0. The summed E-state index contributed by atoms with van der Waals surface area (Å²) in [6.45, 7) is 5.77. The highest BCUT2D eigenvalue weighted by molar-refractivity contribution is 5.76. The van der Waals surface area contributed by atoms with Crippen molar-refractivity contribution < 1.29 is 43.1 Å². The lowest BCUT2D eigenvalue weighted by atomic mass is 10.1. The van der Waals surface area contributed by atoms with Crippen LogP contribution in [0.2, 0.25) is 0 Å². The van der Waals surface area contributed by atoms with Crippen LogP contribution in [0.4, 0.5) is 0 Å². The third-order valence-corrected chi connectivity index (χ3v) is 4.50. The molecule has 0 saturated carbocycles. The third kappa shape index (κ3) is 20.8. The van der Waals surface area contributed by atoms with E-state index in [1.807, 2.05) is 0 Å². The number of hydrogen-bond donors (Lipinski definition) is 3. The van der Waals surface area contributed by atoms with Crippen molar-refractivity contribution in [3.63, 3.8) is 0 Å². The van der Waals surface area contributed by atoms with E-state index in [9.17, 15) is 14.7 Å². The second-order valence-corrected chi connectivity index (χ2v) is 7.41. The Labute approximate surface area is 207 Å². The van der Waals surface area contributed by atoms with Crippen LogP contribution in [-0.4, -0.2) is 103 Å². The van der Waals surface area contributed by atoms with E-state index >= 15 is 0 Å². The van der Waals surface area contributed by atoms with E-state index in [2.05, 4.69) is 5.32 Å². The standard InChI is InChI=1S/C24H40N2O9/c25-23(28)7-9-30-11-13-32-15-17-34-19-20-35-18-16-33-14-12-31-10-8-26-24(29)6-3-21-1-4-22(27)5-2-21/h1-2,4-5,27H,3,6-20H2,(H2,25,28)(H,26,29). The molecule has 0 radical (unpaired) electrons. The molecule has 1 aromatic rings. The Morgan fingerprint density at radius 1 is 0.657 bits per heavy atom. The minimum absolute atomic E-state index is 0.0325. The van der Waals surface area contributed by atoms with Crippen LogP contribution in [0.1, 0.15) is 18.4 Å². The number of hydrogen-bond acceptors (Lipinski definition) is 9. The second-order valence-electron chi connectivity index (χ2n) is 7.41. The Kier molecular flexibility index (Phi) is 19.5. The Hall–Kier alpha value is -2.28. The molecule has 0 aliphatic heterocycles. The average molecular weight is 501 g/mol. The number of phenols is 1. The Morgan fingerprint density at radius 3 is 1.54 bits per heavy atom. The van der Waals surface area contributed by atoms with Gasteiger partial charge in [-0.3, -0.25) is 9.59 Å². The van der Waals surface area contributed by atoms with Gasteiger partial charge in [0.25, 0.3) is 0 Å². The van der Waals surface area contributed by atoms with Gasteiger partial charge in [-0.15, -0.1) is 0 Å². The van der Waals surface area contributed by atoms with Crippen molar-refractivity contribution in [2.24, 2.45) is 5.73 Å². The van der Waals surface area contributed by atoms with Crippen LogP contribution in [0.3, 0.4) is 0 Å². The maximum Gasteiger partial charge on any atom is 0.220 e. The minimum Gasteiger partial charge on any atom is -0.508 e. The van der Waals surface area contributed by atoms with Crippen molar-refractivity contribution in [1.82, 2.24) is 5.32 Å². The zero-order valence-electron chi connectivity index (χ0n) is 20.4. The van der Waals surface area contributed by atoms with Crippen LogP contribution in [0.5, 0.6) is 5.75 Å². The predicted molar refractivity (Wildman–Crippen MR) is 128 cm³/mol. The summed E-state index contributed by atoms with van der Waals surface area (Å²) in [5.74, 6) is -0.193. The minimum atomic E-state index is -0.378. The molecular weight excluding hydrogens is 460 g/mol. The summed E-state index contributed by atoms with van der Waals surface area (Å²) in [5.41, 5.74) is 6.01. The third-order valence-electron chi connectivity index (χ3n) is 4.50. The molecule has 0 atom stereocenters. The smallest absolute Gasteiger partial charge is 0.220 e. The highest BCUT2D eigenvalue weighted by Gasteiger charge is 2.02. The number of rotatable bonds is 24. The lowest BCUT2D eigenvalue weighted by Crippen LogP contribution is -2.27. The molecule has 11 nitrogen and oxygen atoms in total. The van der Waals surface area contributed by atoms with E-state index in [-0.39, 0.29) is 24.0 Å². The molecule has 1 aromatic carbocycles. The molecule has 35 heavy (non-hydrogen) atoms. The number of nitrogens with two attached hydrogens (primary N) is 1. The van der Waals surface area contributed by atoms with Crippen molar-refractivity contribution >= 4 is 11.8 Å². The fraction of sp³-hybridized carbons (Fsp3) is 0.667. The van der Waals surface area contributed by atoms with Crippen LogP contribution in [-0.2, 0) is 44.4 Å². The maximum atomic E-state index is 11.8. The van der Waals surface area contributed by atoms with E-state index in [1.54, 1.807) is 24.3 Å². The van der Waals surface area contributed by atoms with Crippen molar-refractivity contribution in [2.45, 2.75) is 19.3 Å². The first kappa shape index (κ1) is 30.8. The molecule has 0 saturated heterocycles. The number of aryl methyl sites for hydroxylation is 1. The summed E-state index contributed by atoms with van der Waals surface area (Å²) in [6.07, 6.45) is 1.23. The van der Waals surface area contributed by atoms with Crippen LogP contribution in [0.15, 0.2) is 24.3 Å². The molecule has 11 heteroatoms. The molecule has 0 aliphatic carbocycles. The van der Waals surface area contributed by atoms with Crippen molar-refractivity contribution in [3.8, 4) is 5.75 Å². The molecule has 0 heterocycles. The lowest BCUT2D eigenvalue weighted by Gasteiger charge is -2.08. The number of nitrogens with one attached hydrogen (secondary N) is 1. The molecule has 1 rings (SSSR count). The van der Waals surface area contributed by atoms with E-state index in [0.29, 0.717) is 98.7 Å². The molecule has 0 aromatic heterocycles. The highest BCUT2D eigenvalue weighted by Crippen LogP contribution is 2.10. The topological polar surface area (TPSA) is 148 Å². The molecule has 0 bridgehead atoms. The molecule has 0 unspecified atom stereocenters. The largest absolute Gasteiger partial charge is 0.508 e. The predicted octanol–water partition coefficient (Wildman–Crippen LogP) is 0.416. The summed E-state index contributed by atoms with van der Waals surface area (Å²) in [6, 6.07) is 6.84. The second kappa shape index (κ2) is 22.2. The fourth-order valence-electron chi connectivity index (χ4n) is 2.65. The first-order valence-electron chi connectivity index (χ1n) is 11.9. The van der Waals surface area contributed by atoms with E-state index in [4.69, 9.17) is 34.2 Å². The van der Waals surface area contributed by atoms with Gasteiger partial charge in [0, 0.05) is 19.4 Å². The van der Waals surface area contributed by atoms with Gasteiger partial charge in [-0.2, -0.15) is 0 Å². The van der Waals surface area contributed by atoms with Gasteiger partial charge >= 0.3 is 0 Å².